The summed E-state index contributed by atoms with van der Waals surface area (Å²) in [5.41, 5.74) is 0. The lowest BCUT2D eigenvalue weighted by atomic mass is 10.3. The van der Waals surface area contributed by atoms with Gasteiger partial charge < -0.3 is 9.57 Å². The van der Waals surface area contributed by atoms with Gasteiger partial charge in [0.05, 0.1) is 0 Å². The molecule has 5 nitrogen and oxygen atoms in total. The predicted octanol–water partition coefficient (Wildman–Crippen LogP) is 1.58. The first-order valence-electron chi connectivity index (χ1n) is 5.39. The number of nitrogens with zero attached hydrogens (tertiary/aromatic N) is 1. The summed E-state index contributed by atoms with van der Waals surface area (Å²) in [6.07, 6.45) is 3.73. The molecule has 1 heterocycles. The molecule has 0 spiro atoms. The van der Waals surface area contributed by atoms with Crippen molar-refractivity contribution in [3.8, 4) is 5.75 Å². The maximum atomic E-state index is 11.7. The van der Waals surface area contributed by atoms with Crippen molar-refractivity contribution in [2.45, 2.75) is 17.9 Å². The van der Waals surface area contributed by atoms with Gasteiger partial charge in [-0.05, 0) is 31.2 Å². The van der Waals surface area contributed by atoms with Crippen molar-refractivity contribution in [3.05, 3.63) is 24.3 Å². The maximum absolute atomic E-state index is 11.7. The van der Waals surface area contributed by atoms with E-state index in [4.69, 9.17) is 4.74 Å². The zero-order chi connectivity index (χ0) is 13.3. The monoisotopic (exact) mass is 268 g/mol. The topological polar surface area (TPSA) is 58.9 Å². The second-order valence-corrected chi connectivity index (χ2v) is 6.17. The van der Waals surface area contributed by atoms with Crippen molar-refractivity contribution in [2.75, 3.05) is 12.5 Å². The molecular formula is C12H14NO4S+. The lowest BCUT2D eigenvalue weighted by Crippen LogP contribution is -2.30. The van der Waals surface area contributed by atoms with Crippen LogP contribution in [-0.4, -0.2) is 35.7 Å². The molecule has 1 atom stereocenters. The number of esters is 1. The van der Waals surface area contributed by atoms with Crippen LogP contribution in [0.2, 0.25) is 0 Å². The first-order valence-corrected chi connectivity index (χ1v) is 7.43. The fourth-order valence-electron chi connectivity index (χ4n) is 1.38. The Morgan fingerprint density at radius 3 is 2.33 bits per heavy atom. The smallest absolute Gasteiger partial charge is 0.425 e. The lowest BCUT2D eigenvalue weighted by molar-refractivity contribution is -0.140. The van der Waals surface area contributed by atoms with Crippen molar-refractivity contribution < 1.29 is 19.2 Å². The minimum absolute atomic E-state index is 0.176. The third-order valence-corrected chi connectivity index (χ3v) is 3.75. The summed E-state index contributed by atoms with van der Waals surface area (Å²) in [4.78, 5) is 28.0. The molecule has 0 N–H and O–H groups in total. The Kier molecular flexibility index (Phi) is 3.47. The minimum Gasteiger partial charge on any atom is -0.425 e. The molecule has 18 heavy (non-hydrogen) atoms. The Bertz CT molecular complexity index is 471. The summed E-state index contributed by atoms with van der Waals surface area (Å²) in [6, 6.07) is 6.63. The van der Waals surface area contributed by atoms with E-state index in [1.54, 1.807) is 19.1 Å². The highest BCUT2D eigenvalue weighted by Gasteiger charge is 2.43. The molecule has 0 aliphatic carbocycles. The van der Waals surface area contributed by atoms with Crippen LogP contribution in [0.1, 0.15) is 6.92 Å². The van der Waals surface area contributed by atoms with Gasteiger partial charge in [0.25, 0.3) is 0 Å². The number of ether oxygens (including phenoxy) is 1. The summed E-state index contributed by atoms with van der Waals surface area (Å²) in [7, 11) is 0.176. The zero-order valence-electron chi connectivity index (χ0n) is 10.4. The number of hydrogen-bond acceptors (Lipinski definition) is 4. The van der Waals surface area contributed by atoms with Gasteiger partial charge in [0.2, 0.25) is 0 Å². The summed E-state index contributed by atoms with van der Waals surface area (Å²) in [5, 5.41) is 0.978. The van der Waals surface area contributed by atoms with Gasteiger partial charge in [-0.15, -0.1) is 5.06 Å². The van der Waals surface area contributed by atoms with E-state index in [0.717, 1.165) is 5.06 Å². The molecule has 0 bridgehead atoms. The molecule has 1 aliphatic heterocycles. The number of rotatable bonds is 4. The number of carbonyl (C=O) groups is 2. The van der Waals surface area contributed by atoms with Crippen LogP contribution in [0.15, 0.2) is 29.2 Å². The van der Waals surface area contributed by atoms with Gasteiger partial charge in [0.1, 0.15) is 18.3 Å². The second kappa shape index (κ2) is 4.89. The molecule has 1 aromatic carbocycles. The average Bonchev–Trinajstić information content (AvgIpc) is 3.06. The van der Waals surface area contributed by atoms with E-state index < -0.39 is 18.1 Å². The number of benzene rings is 1. The molecule has 0 radical (unpaired) electrons. The quantitative estimate of drug-likeness (QED) is 0.360. The van der Waals surface area contributed by atoms with Gasteiger partial charge in [-0.3, -0.25) is 0 Å². The maximum Gasteiger partial charge on any atom is 0.468 e. The minimum atomic E-state index is -0.718. The molecule has 1 fully saturated rings. The Labute approximate surface area is 108 Å². The van der Waals surface area contributed by atoms with E-state index in [-0.39, 0.29) is 10.9 Å². The van der Waals surface area contributed by atoms with Crippen LogP contribution in [0, 0.1) is 0 Å². The van der Waals surface area contributed by atoms with E-state index in [9.17, 15) is 9.59 Å². The van der Waals surface area contributed by atoms with Crippen LogP contribution in [0.25, 0.3) is 0 Å². The van der Waals surface area contributed by atoms with Crippen LogP contribution < -0.4 is 4.74 Å². The first-order chi connectivity index (χ1) is 8.49. The zero-order valence-corrected chi connectivity index (χ0v) is 11.2. The van der Waals surface area contributed by atoms with E-state index in [2.05, 4.69) is 17.3 Å². The number of hydroxylamine groups is 2. The predicted molar refractivity (Wildman–Crippen MR) is 67.3 cm³/mol. The van der Waals surface area contributed by atoms with Crippen LogP contribution in [0.4, 0.5) is 4.79 Å². The number of amides is 1. The van der Waals surface area contributed by atoms with Gasteiger partial charge in [-0.25, -0.2) is 9.59 Å². The van der Waals surface area contributed by atoms with E-state index in [0.29, 0.717) is 5.75 Å². The molecule has 0 unspecified atom stereocenters. The molecular weight excluding hydrogens is 254 g/mol. The highest BCUT2D eigenvalue weighted by atomic mass is 32.2. The molecule has 0 aromatic heterocycles. The summed E-state index contributed by atoms with van der Waals surface area (Å²) in [5.74, 6) is -0.0454. The van der Waals surface area contributed by atoms with Gasteiger partial charge >= 0.3 is 12.1 Å². The summed E-state index contributed by atoms with van der Waals surface area (Å²) in [6.45, 7) is 1.55. The normalized spacial score (nSPS) is 15.3. The molecule has 1 aromatic rings. The van der Waals surface area contributed by atoms with Crippen LogP contribution >= 0.6 is 0 Å². The van der Waals surface area contributed by atoms with Crippen molar-refractivity contribution in [2.24, 2.45) is 0 Å². The van der Waals surface area contributed by atoms with Gasteiger partial charge in [0, 0.05) is 10.9 Å². The highest BCUT2D eigenvalue weighted by Crippen LogP contribution is 2.20. The standard InChI is InChI=1S/C12H14NO4S/c1-8(13-12(15)17-13)11(14)16-9-4-6-10(7-5-9)18(2)3/h4-8H,1-3H3/q+1/t8-,13?/m0/s1. The third kappa shape index (κ3) is 2.76. The average molecular weight is 268 g/mol. The van der Waals surface area contributed by atoms with Crippen LogP contribution in [0.5, 0.6) is 5.75 Å². The van der Waals surface area contributed by atoms with Crippen molar-refractivity contribution in [1.29, 1.82) is 0 Å². The molecule has 96 valence electrons. The van der Waals surface area contributed by atoms with E-state index in [1.165, 1.54) is 4.90 Å². The summed E-state index contributed by atoms with van der Waals surface area (Å²) < 4.78 is 5.15. The molecule has 0 saturated carbocycles. The van der Waals surface area contributed by atoms with Gasteiger partial charge in [-0.2, -0.15) is 0 Å². The number of carbonyl (C=O) groups excluding carboxylic acids is 2. The Hall–Kier alpha value is -1.69. The highest BCUT2D eigenvalue weighted by molar-refractivity contribution is 7.95. The molecule has 1 aliphatic rings. The van der Waals surface area contributed by atoms with Crippen LogP contribution in [0.3, 0.4) is 0 Å². The summed E-state index contributed by atoms with van der Waals surface area (Å²) >= 11 is 0. The largest absolute Gasteiger partial charge is 0.468 e. The molecule has 1 saturated heterocycles. The molecule has 6 heteroatoms. The molecule has 2 rings (SSSR count). The SMILES string of the molecule is C[C@@H](C(=O)Oc1ccc([S+](C)C)cc1)N1OC1=O. The van der Waals surface area contributed by atoms with E-state index in [1.807, 2.05) is 12.1 Å². The Balaban J connectivity index is 1.96. The number of hydrogen-bond donors (Lipinski definition) is 0. The van der Waals surface area contributed by atoms with Crippen molar-refractivity contribution >= 4 is 23.0 Å². The lowest BCUT2D eigenvalue weighted by Gasteiger charge is -2.08. The van der Waals surface area contributed by atoms with Crippen molar-refractivity contribution in [1.82, 2.24) is 5.06 Å². The fraction of sp³-hybridized carbons (Fsp3) is 0.333. The van der Waals surface area contributed by atoms with Gasteiger partial charge in [0.15, 0.2) is 10.9 Å². The van der Waals surface area contributed by atoms with Crippen LogP contribution in [-0.2, 0) is 20.5 Å². The third-order valence-electron chi connectivity index (χ3n) is 2.53. The molecule has 1 amide bonds. The Morgan fingerprint density at radius 2 is 1.89 bits per heavy atom. The van der Waals surface area contributed by atoms with Gasteiger partial charge in [-0.1, -0.05) is 0 Å². The first kappa shape index (κ1) is 12.8. The van der Waals surface area contributed by atoms with Crippen molar-refractivity contribution in [3.63, 3.8) is 0 Å². The van der Waals surface area contributed by atoms with E-state index >= 15 is 0 Å². The fourth-order valence-corrected chi connectivity index (χ4v) is 2.06. The Morgan fingerprint density at radius 1 is 1.33 bits per heavy atom. The second-order valence-electron chi connectivity index (χ2n) is 4.07.